The summed E-state index contributed by atoms with van der Waals surface area (Å²) in [6.45, 7) is 7.90. The number of para-hydroxylation sites is 1. The zero-order chi connectivity index (χ0) is 28.3. The maximum Gasteiger partial charge on any atom is 0.410 e. The lowest BCUT2D eigenvalue weighted by Crippen LogP contribution is -2.45. The van der Waals surface area contributed by atoms with Crippen LogP contribution >= 0.6 is 0 Å². The predicted octanol–water partition coefficient (Wildman–Crippen LogP) is 5.27. The first-order valence-corrected chi connectivity index (χ1v) is 14.2. The number of aromatic nitrogens is 4. The van der Waals surface area contributed by atoms with E-state index in [1.54, 1.807) is 29.3 Å². The summed E-state index contributed by atoms with van der Waals surface area (Å²) in [7, 11) is 0. The van der Waals surface area contributed by atoms with E-state index in [9.17, 15) is 9.90 Å². The molecule has 0 spiro atoms. The molecule has 2 aliphatic rings. The minimum Gasteiger partial charge on any atom is -0.507 e. The molecule has 3 heterocycles. The lowest BCUT2D eigenvalue weighted by molar-refractivity contribution is -0.0949. The summed E-state index contributed by atoms with van der Waals surface area (Å²) in [5, 5.41) is 23.0. The molecular formula is C30H40N6O4. The highest BCUT2D eigenvalue weighted by Crippen LogP contribution is 2.36. The number of aromatic hydroxyl groups is 1. The molecule has 1 aliphatic carbocycles. The number of carbonyl (C=O) groups excluding carboxylic acids is 1. The molecular weight excluding hydrogens is 508 g/mol. The number of nitrogen functional groups attached to an aromatic ring is 1. The second-order valence-corrected chi connectivity index (χ2v) is 11.9. The number of amides is 1. The summed E-state index contributed by atoms with van der Waals surface area (Å²) in [6.07, 6.45) is 10.2. The molecule has 10 nitrogen and oxygen atoms in total. The van der Waals surface area contributed by atoms with Crippen LogP contribution in [0.2, 0.25) is 0 Å². The number of ether oxygens (including phenoxy) is 2. The Kier molecular flexibility index (Phi) is 8.25. The first-order chi connectivity index (χ1) is 19.1. The molecule has 1 aliphatic heterocycles. The number of nitrogens with zero attached hydrogens (tertiary/aromatic N) is 5. The third-order valence-corrected chi connectivity index (χ3v) is 7.62. The van der Waals surface area contributed by atoms with E-state index in [1.165, 1.54) is 0 Å². The van der Waals surface area contributed by atoms with Gasteiger partial charge in [0.2, 0.25) is 0 Å². The monoisotopic (exact) mass is 548 g/mol. The Hall–Kier alpha value is -3.66. The highest BCUT2D eigenvalue weighted by molar-refractivity contribution is 5.78. The number of rotatable bonds is 8. The minimum atomic E-state index is -0.464. The van der Waals surface area contributed by atoms with Gasteiger partial charge in [0.05, 0.1) is 24.1 Å². The second-order valence-electron chi connectivity index (χ2n) is 11.9. The minimum absolute atomic E-state index is 0.149. The molecule has 1 saturated heterocycles. The van der Waals surface area contributed by atoms with Crippen molar-refractivity contribution in [2.75, 3.05) is 18.8 Å². The van der Waals surface area contributed by atoms with Gasteiger partial charge in [0.1, 0.15) is 11.4 Å². The normalized spacial score (nSPS) is 19.8. The number of piperidine rings is 1. The Balaban J connectivity index is 1.03. The van der Waals surface area contributed by atoms with Gasteiger partial charge >= 0.3 is 6.09 Å². The molecule has 10 heteroatoms. The van der Waals surface area contributed by atoms with Gasteiger partial charge in [0.25, 0.3) is 0 Å². The number of nitrogens with two attached hydrogens (primary N) is 1. The number of carbonyl (C=O) groups is 1. The van der Waals surface area contributed by atoms with Crippen molar-refractivity contribution in [1.29, 1.82) is 0 Å². The molecule has 5 rings (SSSR count). The molecule has 3 aromatic rings. The van der Waals surface area contributed by atoms with Crippen molar-refractivity contribution in [3.05, 3.63) is 42.7 Å². The number of hydrogen-bond donors (Lipinski definition) is 2. The van der Waals surface area contributed by atoms with Gasteiger partial charge < -0.3 is 25.2 Å². The SMILES string of the molecule is CC(C)(C)OC(=O)N1CCC(OC2CC(CCCn3cc(-c4cc(-c5ccccc5O)nnc4N)cn3)C2)CC1. The number of anilines is 1. The fourth-order valence-corrected chi connectivity index (χ4v) is 5.42. The van der Waals surface area contributed by atoms with Gasteiger partial charge in [-0.2, -0.15) is 5.10 Å². The Bertz CT molecular complexity index is 1310. The van der Waals surface area contributed by atoms with Crippen molar-refractivity contribution in [2.24, 2.45) is 5.92 Å². The van der Waals surface area contributed by atoms with Crippen LogP contribution in [-0.4, -0.2) is 67.0 Å². The molecule has 1 amide bonds. The molecule has 0 unspecified atom stereocenters. The molecule has 0 atom stereocenters. The Morgan fingerprint density at radius 3 is 2.58 bits per heavy atom. The Morgan fingerprint density at radius 1 is 1.10 bits per heavy atom. The molecule has 1 saturated carbocycles. The molecule has 214 valence electrons. The average Bonchev–Trinajstić information content (AvgIpc) is 3.36. The zero-order valence-electron chi connectivity index (χ0n) is 23.6. The maximum atomic E-state index is 12.3. The molecule has 3 N–H and O–H groups in total. The van der Waals surface area contributed by atoms with Gasteiger partial charge in [-0.1, -0.05) is 12.1 Å². The number of phenolic OH excluding ortho intramolecular Hbond substituents is 1. The van der Waals surface area contributed by atoms with E-state index in [0.717, 1.165) is 56.2 Å². The lowest BCUT2D eigenvalue weighted by Gasteiger charge is -2.40. The number of phenols is 1. The van der Waals surface area contributed by atoms with Gasteiger partial charge in [-0.3, -0.25) is 4.68 Å². The van der Waals surface area contributed by atoms with Crippen molar-refractivity contribution < 1.29 is 19.4 Å². The number of aryl methyl sites for hydroxylation is 1. The fraction of sp³-hybridized carbons (Fsp3) is 0.533. The van der Waals surface area contributed by atoms with Gasteiger partial charge in [-0.05, 0) is 83.4 Å². The molecule has 2 fully saturated rings. The average molecular weight is 549 g/mol. The van der Waals surface area contributed by atoms with Crippen molar-refractivity contribution in [2.45, 2.75) is 83.6 Å². The molecule has 40 heavy (non-hydrogen) atoms. The number of likely N-dealkylation sites (tertiary alicyclic amines) is 1. The molecule has 1 aromatic carbocycles. The predicted molar refractivity (Wildman–Crippen MR) is 152 cm³/mol. The molecule has 0 bridgehead atoms. The van der Waals surface area contributed by atoms with E-state index >= 15 is 0 Å². The first-order valence-electron chi connectivity index (χ1n) is 14.2. The highest BCUT2D eigenvalue weighted by atomic mass is 16.6. The first kappa shape index (κ1) is 27.9. The third-order valence-electron chi connectivity index (χ3n) is 7.62. The van der Waals surface area contributed by atoms with Crippen LogP contribution in [0.4, 0.5) is 10.6 Å². The van der Waals surface area contributed by atoms with E-state index in [1.807, 2.05) is 43.8 Å². The van der Waals surface area contributed by atoms with Crippen molar-refractivity contribution >= 4 is 11.9 Å². The summed E-state index contributed by atoms with van der Waals surface area (Å²) < 4.78 is 13.8. The second kappa shape index (κ2) is 11.8. The Labute approximate surface area is 235 Å². The van der Waals surface area contributed by atoms with Crippen LogP contribution in [0.1, 0.15) is 59.3 Å². The number of hydrogen-bond acceptors (Lipinski definition) is 8. The highest BCUT2D eigenvalue weighted by Gasteiger charge is 2.33. The maximum absolute atomic E-state index is 12.3. The van der Waals surface area contributed by atoms with Crippen LogP contribution < -0.4 is 5.73 Å². The fourth-order valence-electron chi connectivity index (χ4n) is 5.42. The van der Waals surface area contributed by atoms with Crippen molar-refractivity contribution in [3.63, 3.8) is 0 Å². The summed E-state index contributed by atoms with van der Waals surface area (Å²) in [5.41, 5.74) is 8.45. The Morgan fingerprint density at radius 2 is 1.85 bits per heavy atom. The van der Waals surface area contributed by atoms with Crippen LogP contribution in [0.3, 0.4) is 0 Å². The van der Waals surface area contributed by atoms with Crippen LogP contribution in [0.25, 0.3) is 22.4 Å². The van der Waals surface area contributed by atoms with Gasteiger partial charge in [0, 0.05) is 42.5 Å². The standard InChI is InChI=1S/C30H40N6O4/c1-30(2,3)40-29(38)35-13-10-22(11-14-35)39-23-15-20(16-23)7-6-12-36-19-21(18-32-36)25-17-26(33-34-28(25)31)24-8-4-5-9-27(24)37/h4-5,8-9,17-20,22-23,37H,6-7,10-16H2,1-3H3,(H2,31,34). The van der Waals surface area contributed by atoms with E-state index in [-0.39, 0.29) is 17.9 Å². The topological polar surface area (TPSA) is 129 Å². The van der Waals surface area contributed by atoms with Gasteiger partial charge in [-0.15, -0.1) is 10.2 Å². The van der Waals surface area contributed by atoms with E-state index < -0.39 is 5.60 Å². The largest absolute Gasteiger partial charge is 0.507 e. The van der Waals surface area contributed by atoms with Crippen molar-refractivity contribution in [1.82, 2.24) is 24.9 Å². The van der Waals surface area contributed by atoms with Crippen LogP contribution in [0, 0.1) is 5.92 Å². The van der Waals surface area contributed by atoms with E-state index in [4.69, 9.17) is 15.2 Å². The van der Waals surface area contributed by atoms with Gasteiger partial charge in [-0.25, -0.2) is 4.79 Å². The smallest absolute Gasteiger partial charge is 0.410 e. The summed E-state index contributed by atoms with van der Waals surface area (Å²) in [4.78, 5) is 14.1. The van der Waals surface area contributed by atoms with Crippen LogP contribution in [-0.2, 0) is 16.0 Å². The summed E-state index contributed by atoms with van der Waals surface area (Å²) >= 11 is 0. The van der Waals surface area contributed by atoms with Gasteiger partial charge in [0.15, 0.2) is 5.82 Å². The summed E-state index contributed by atoms with van der Waals surface area (Å²) in [6, 6.07) is 8.88. The quantitative estimate of drug-likeness (QED) is 0.390. The third kappa shape index (κ3) is 6.91. The zero-order valence-corrected chi connectivity index (χ0v) is 23.6. The number of benzene rings is 1. The summed E-state index contributed by atoms with van der Waals surface area (Å²) in [5.74, 6) is 1.16. The van der Waals surface area contributed by atoms with E-state index in [0.29, 0.717) is 42.2 Å². The van der Waals surface area contributed by atoms with E-state index in [2.05, 4.69) is 15.3 Å². The molecule has 2 aromatic heterocycles. The lowest BCUT2D eigenvalue weighted by atomic mass is 9.79. The molecule has 0 radical (unpaired) electrons. The van der Waals surface area contributed by atoms with Crippen molar-refractivity contribution in [3.8, 4) is 28.1 Å². The van der Waals surface area contributed by atoms with Crippen LogP contribution in [0.5, 0.6) is 5.75 Å². The van der Waals surface area contributed by atoms with Crippen LogP contribution in [0.15, 0.2) is 42.7 Å².